The molecule has 7 heteroatoms. The molecule has 0 saturated heterocycles. The summed E-state index contributed by atoms with van der Waals surface area (Å²) in [4.78, 5) is 22.8. The Morgan fingerprint density at radius 1 is 1.32 bits per heavy atom. The first-order valence-corrected chi connectivity index (χ1v) is 7.27. The molecule has 0 unspecified atom stereocenters. The van der Waals surface area contributed by atoms with Crippen LogP contribution in [-0.4, -0.2) is 17.9 Å². The van der Waals surface area contributed by atoms with E-state index < -0.39 is 10.8 Å². The molecular weight excluding hydrogens is 322 g/mol. The zero-order valence-electron chi connectivity index (χ0n) is 13.6. The smallest absolute Gasteiger partial charge is 0.276 e. The van der Waals surface area contributed by atoms with Crippen LogP contribution in [0.25, 0.3) is 6.08 Å². The zero-order valence-corrected chi connectivity index (χ0v) is 13.6. The summed E-state index contributed by atoms with van der Waals surface area (Å²) in [7, 11) is 1.54. The van der Waals surface area contributed by atoms with Gasteiger partial charge in [-0.05, 0) is 42.8 Å². The fourth-order valence-electron chi connectivity index (χ4n) is 2.17. The molecule has 2 aromatic rings. The second-order valence-electron chi connectivity index (χ2n) is 5.12. The summed E-state index contributed by atoms with van der Waals surface area (Å²) in [6, 6.07) is 12.8. The SMILES string of the molecule is COc1ccc(NC(=O)/C(C#N)=C/c2ccccc2[N+](=O)[O-])c(C)c1. The molecule has 0 aromatic heterocycles. The van der Waals surface area contributed by atoms with Crippen molar-refractivity contribution in [3.05, 3.63) is 69.3 Å². The minimum atomic E-state index is -0.645. The summed E-state index contributed by atoms with van der Waals surface area (Å²) in [5, 5.41) is 22.9. The predicted octanol–water partition coefficient (Wildman–Crippen LogP) is 3.46. The van der Waals surface area contributed by atoms with E-state index >= 15 is 0 Å². The van der Waals surface area contributed by atoms with E-state index in [1.54, 1.807) is 37.3 Å². The van der Waals surface area contributed by atoms with Crippen molar-refractivity contribution >= 4 is 23.4 Å². The molecule has 1 N–H and O–H groups in total. The van der Waals surface area contributed by atoms with E-state index in [-0.39, 0.29) is 16.8 Å². The standard InChI is InChI=1S/C18H15N3O4/c1-12-9-15(25-2)7-8-16(12)20-18(22)14(11-19)10-13-5-3-4-6-17(13)21(23)24/h3-10H,1-2H3,(H,20,22)/b14-10+. The van der Waals surface area contributed by atoms with Crippen molar-refractivity contribution in [3.63, 3.8) is 0 Å². The maximum Gasteiger partial charge on any atom is 0.276 e. The summed E-state index contributed by atoms with van der Waals surface area (Å²) in [6.45, 7) is 1.79. The number of benzene rings is 2. The van der Waals surface area contributed by atoms with Crippen LogP contribution in [0.15, 0.2) is 48.0 Å². The molecule has 0 heterocycles. The van der Waals surface area contributed by atoms with Crippen molar-refractivity contribution in [2.24, 2.45) is 0 Å². The number of nitrogens with zero attached hydrogens (tertiary/aromatic N) is 2. The average Bonchev–Trinajstić information content (AvgIpc) is 2.61. The normalized spacial score (nSPS) is 10.7. The molecule has 7 nitrogen and oxygen atoms in total. The average molecular weight is 337 g/mol. The summed E-state index contributed by atoms with van der Waals surface area (Å²) >= 11 is 0. The van der Waals surface area contributed by atoms with Gasteiger partial charge < -0.3 is 10.1 Å². The molecule has 1 amide bonds. The maximum atomic E-state index is 12.3. The molecule has 2 aromatic carbocycles. The van der Waals surface area contributed by atoms with Gasteiger partial charge in [0.1, 0.15) is 17.4 Å². The lowest BCUT2D eigenvalue weighted by Gasteiger charge is -2.09. The number of hydrogen-bond donors (Lipinski definition) is 1. The number of nitrogens with one attached hydrogen (secondary N) is 1. The van der Waals surface area contributed by atoms with Crippen molar-refractivity contribution in [2.75, 3.05) is 12.4 Å². The summed E-state index contributed by atoms with van der Waals surface area (Å²) < 4.78 is 5.10. The molecule has 0 aliphatic rings. The van der Waals surface area contributed by atoms with Gasteiger partial charge in [-0.15, -0.1) is 0 Å². The van der Waals surface area contributed by atoms with E-state index in [1.807, 2.05) is 0 Å². The van der Waals surface area contributed by atoms with Crippen LogP contribution in [0, 0.1) is 28.4 Å². The van der Waals surface area contributed by atoms with Crippen LogP contribution in [0.1, 0.15) is 11.1 Å². The molecule has 0 radical (unpaired) electrons. The molecule has 0 fully saturated rings. The molecule has 0 aliphatic heterocycles. The van der Waals surface area contributed by atoms with E-state index in [9.17, 15) is 20.2 Å². The van der Waals surface area contributed by atoms with Gasteiger partial charge in [0, 0.05) is 11.8 Å². The van der Waals surface area contributed by atoms with E-state index in [0.717, 1.165) is 5.56 Å². The summed E-state index contributed by atoms with van der Waals surface area (Å²) in [6.07, 6.45) is 1.20. The number of nitro benzene ring substituents is 1. The largest absolute Gasteiger partial charge is 0.497 e. The van der Waals surface area contributed by atoms with Crippen molar-refractivity contribution < 1.29 is 14.5 Å². The van der Waals surface area contributed by atoms with Crippen LogP contribution >= 0.6 is 0 Å². The van der Waals surface area contributed by atoms with E-state index in [0.29, 0.717) is 11.4 Å². The van der Waals surface area contributed by atoms with Gasteiger partial charge in [0.15, 0.2) is 0 Å². The number of carbonyl (C=O) groups is 1. The third kappa shape index (κ3) is 4.20. The molecule has 0 saturated carbocycles. The minimum absolute atomic E-state index is 0.177. The number of ether oxygens (including phenoxy) is 1. The molecule has 0 atom stereocenters. The number of hydrogen-bond acceptors (Lipinski definition) is 5. The maximum absolute atomic E-state index is 12.3. The van der Waals surface area contributed by atoms with Crippen LogP contribution in [0.4, 0.5) is 11.4 Å². The fraction of sp³-hybridized carbons (Fsp3) is 0.111. The fourth-order valence-corrected chi connectivity index (χ4v) is 2.17. The Morgan fingerprint density at radius 3 is 2.64 bits per heavy atom. The molecule has 0 bridgehead atoms. The van der Waals surface area contributed by atoms with Gasteiger partial charge >= 0.3 is 0 Å². The monoisotopic (exact) mass is 337 g/mol. The van der Waals surface area contributed by atoms with Gasteiger partial charge in [-0.2, -0.15) is 5.26 Å². The van der Waals surface area contributed by atoms with Crippen LogP contribution < -0.4 is 10.1 Å². The van der Waals surface area contributed by atoms with Gasteiger partial charge in [0.05, 0.1) is 17.6 Å². The van der Waals surface area contributed by atoms with Crippen molar-refractivity contribution in [1.29, 1.82) is 5.26 Å². The molecule has 0 spiro atoms. The van der Waals surface area contributed by atoms with Crippen LogP contribution in [0.5, 0.6) is 5.75 Å². The lowest BCUT2D eigenvalue weighted by molar-refractivity contribution is -0.385. The first-order chi connectivity index (χ1) is 12.0. The third-order valence-corrected chi connectivity index (χ3v) is 3.48. The van der Waals surface area contributed by atoms with Crippen LogP contribution in [-0.2, 0) is 4.79 Å². The lowest BCUT2D eigenvalue weighted by Crippen LogP contribution is -2.14. The molecule has 2 rings (SSSR count). The number of nitro groups is 1. The van der Waals surface area contributed by atoms with Gasteiger partial charge in [-0.1, -0.05) is 12.1 Å². The number of nitriles is 1. The van der Waals surface area contributed by atoms with Crippen molar-refractivity contribution in [2.45, 2.75) is 6.92 Å². The van der Waals surface area contributed by atoms with Crippen LogP contribution in [0.2, 0.25) is 0 Å². The quantitative estimate of drug-likeness (QED) is 0.389. The highest BCUT2D eigenvalue weighted by atomic mass is 16.6. The number of anilines is 1. The number of aryl methyl sites for hydroxylation is 1. The van der Waals surface area contributed by atoms with E-state index in [4.69, 9.17) is 4.74 Å². The molecule has 25 heavy (non-hydrogen) atoms. The Morgan fingerprint density at radius 2 is 2.04 bits per heavy atom. The zero-order chi connectivity index (χ0) is 18.4. The van der Waals surface area contributed by atoms with Gasteiger partial charge in [0.2, 0.25) is 0 Å². The Labute approximate surface area is 144 Å². The van der Waals surface area contributed by atoms with Crippen molar-refractivity contribution in [1.82, 2.24) is 0 Å². The Kier molecular flexibility index (Phi) is 5.48. The predicted molar refractivity (Wildman–Crippen MR) is 93.0 cm³/mol. The first-order valence-electron chi connectivity index (χ1n) is 7.27. The number of carbonyl (C=O) groups excluding carboxylic acids is 1. The number of para-hydroxylation sites is 1. The van der Waals surface area contributed by atoms with Gasteiger partial charge in [-0.25, -0.2) is 0 Å². The van der Waals surface area contributed by atoms with Crippen molar-refractivity contribution in [3.8, 4) is 11.8 Å². The van der Waals surface area contributed by atoms with E-state index in [2.05, 4.69) is 5.32 Å². The second kappa shape index (κ2) is 7.75. The highest BCUT2D eigenvalue weighted by Gasteiger charge is 2.15. The molecule has 0 aliphatic carbocycles. The third-order valence-electron chi connectivity index (χ3n) is 3.48. The Balaban J connectivity index is 2.31. The highest BCUT2D eigenvalue weighted by Crippen LogP contribution is 2.23. The van der Waals surface area contributed by atoms with Gasteiger partial charge in [-0.3, -0.25) is 14.9 Å². The van der Waals surface area contributed by atoms with E-state index in [1.165, 1.54) is 31.4 Å². The Hall–Kier alpha value is -3.66. The summed E-state index contributed by atoms with van der Waals surface area (Å²) in [5.41, 5.74) is 1.06. The molecule has 126 valence electrons. The highest BCUT2D eigenvalue weighted by molar-refractivity contribution is 6.10. The topological polar surface area (TPSA) is 105 Å². The lowest BCUT2D eigenvalue weighted by atomic mass is 10.1. The molecular formula is C18H15N3O4. The minimum Gasteiger partial charge on any atom is -0.497 e. The van der Waals surface area contributed by atoms with Gasteiger partial charge in [0.25, 0.3) is 11.6 Å². The number of methoxy groups -OCH3 is 1. The number of amides is 1. The first kappa shape index (κ1) is 17.7. The summed E-state index contributed by atoms with van der Waals surface area (Å²) in [5.74, 6) is 0.000348. The number of rotatable bonds is 5. The second-order valence-corrected chi connectivity index (χ2v) is 5.12. The van der Waals surface area contributed by atoms with Crippen LogP contribution in [0.3, 0.4) is 0 Å². The Bertz CT molecular complexity index is 897.